The summed E-state index contributed by atoms with van der Waals surface area (Å²) in [6.45, 7) is 20.3. The molecule has 278 valence electrons. The van der Waals surface area contributed by atoms with Gasteiger partial charge in [0.1, 0.15) is 17.3 Å². The van der Waals surface area contributed by atoms with Crippen molar-refractivity contribution in [2.24, 2.45) is 11.3 Å². The summed E-state index contributed by atoms with van der Waals surface area (Å²) < 4.78 is 11.2. The first-order valence-electron chi connectivity index (χ1n) is 19.8. The van der Waals surface area contributed by atoms with E-state index < -0.39 is 0 Å². The molecule has 3 aromatic heterocycles. The van der Waals surface area contributed by atoms with Crippen LogP contribution < -0.4 is 4.74 Å². The molecule has 54 heavy (non-hydrogen) atoms. The fourth-order valence-electron chi connectivity index (χ4n) is 8.17. The number of fused-ring (bicyclic) bond motifs is 3. The highest BCUT2D eigenvalue weighted by Gasteiger charge is 2.20. The number of aryl methyl sites for hydroxylation is 3. The molecule has 0 N–H and O–H groups in total. The highest BCUT2D eigenvalue weighted by molar-refractivity contribution is 6.09. The number of aromatic nitrogens is 4. The fraction of sp³-hybridized carbons (Fsp3) is 0.347. The van der Waals surface area contributed by atoms with Gasteiger partial charge in [0.05, 0.1) is 22.4 Å². The largest absolute Gasteiger partial charge is 0.457 e. The Kier molecular flexibility index (Phi) is 10.5. The molecule has 3 heterocycles. The van der Waals surface area contributed by atoms with Crippen molar-refractivity contribution >= 4 is 21.8 Å². The summed E-state index contributed by atoms with van der Waals surface area (Å²) in [6.07, 6.45) is 7.61. The van der Waals surface area contributed by atoms with Crippen molar-refractivity contribution in [1.82, 2.24) is 19.3 Å². The van der Waals surface area contributed by atoms with Gasteiger partial charge < -0.3 is 4.74 Å². The Labute approximate surface area is 322 Å². The van der Waals surface area contributed by atoms with Crippen molar-refractivity contribution in [3.8, 4) is 34.1 Å². The van der Waals surface area contributed by atoms with Gasteiger partial charge in [0.15, 0.2) is 0 Å². The molecular formula is C49H56N4O. The van der Waals surface area contributed by atoms with E-state index in [0.717, 1.165) is 58.3 Å². The monoisotopic (exact) mass is 716 g/mol. The van der Waals surface area contributed by atoms with Gasteiger partial charge in [-0.15, -0.1) is 0 Å². The maximum atomic E-state index is 6.85. The van der Waals surface area contributed by atoms with E-state index in [0.29, 0.717) is 11.8 Å². The number of rotatable bonds is 12. The summed E-state index contributed by atoms with van der Waals surface area (Å²) >= 11 is 0. The third kappa shape index (κ3) is 7.87. The van der Waals surface area contributed by atoms with Crippen LogP contribution in [0.25, 0.3) is 44.4 Å². The van der Waals surface area contributed by atoms with E-state index in [1.807, 2.05) is 6.20 Å². The first-order chi connectivity index (χ1) is 25.9. The molecule has 0 aliphatic heterocycles. The van der Waals surface area contributed by atoms with Crippen LogP contribution in [0.5, 0.6) is 11.5 Å². The quantitative estimate of drug-likeness (QED) is 0.126. The molecule has 0 radical (unpaired) electrons. The Morgan fingerprint density at radius 3 is 2.31 bits per heavy atom. The average Bonchev–Trinajstić information content (AvgIpc) is 3.62. The predicted octanol–water partition coefficient (Wildman–Crippen LogP) is 13.7. The zero-order valence-corrected chi connectivity index (χ0v) is 33.7. The maximum absolute atomic E-state index is 6.85. The first kappa shape index (κ1) is 37.2. The minimum Gasteiger partial charge on any atom is -0.457 e. The van der Waals surface area contributed by atoms with Gasteiger partial charge in [-0.1, -0.05) is 90.8 Å². The number of hydrogen-bond donors (Lipinski definition) is 0. The summed E-state index contributed by atoms with van der Waals surface area (Å²) in [5.41, 5.74) is 11.7. The average molecular weight is 717 g/mol. The van der Waals surface area contributed by atoms with Gasteiger partial charge in [0, 0.05) is 40.4 Å². The summed E-state index contributed by atoms with van der Waals surface area (Å²) in [7, 11) is 0. The van der Waals surface area contributed by atoms with Crippen molar-refractivity contribution in [1.29, 1.82) is 0 Å². The molecule has 7 rings (SSSR count). The lowest BCUT2D eigenvalue weighted by molar-refractivity contribution is 0.378. The molecule has 0 spiro atoms. The molecular weight excluding hydrogens is 661 g/mol. The number of ether oxygens (including phenoxy) is 1. The molecule has 0 aliphatic rings. The number of nitrogens with zero attached hydrogens (tertiary/aromatic N) is 4. The molecule has 2 atom stereocenters. The lowest BCUT2D eigenvalue weighted by Gasteiger charge is -2.19. The molecule has 2 unspecified atom stereocenters. The predicted molar refractivity (Wildman–Crippen MR) is 227 cm³/mol. The van der Waals surface area contributed by atoms with Gasteiger partial charge in [-0.2, -0.15) is 5.10 Å². The fourth-order valence-corrected chi connectivity index (χ4v) is 8.17. The van der Waals surface area contributed by atoms with Gasteiger partial charge in [0.25, 0.3) is 0 Å². The topological polar surface area (TPSA) is 44.9 Å². The van der Waals surface area contributed by atoms with Crippen LogP contribution >= 0.6 is 0 Å². The van der Waals surface area contributed by atoms with Crippen molar-refractivity contribution in [3.63, 3.8) is 0 Å². The first-order valence-corrected chi connectivity index (χ1v) is 19.8. The van der Waals surface area contributed by atoms with Crippen LogP contribution in [0.1, 0.15) is 101 Å². The zero-order chi connectivity index (χ0) is 38.1. The lowest BCUT2D eigenvalue weighted by Crippen LogP contribution is -2.07. The smallest absolute Gasteiger partial charge is 0.137 e. The number of pyridine rings is 1. The minimum absolute atomic E-state index is 0.212. The Bertz CT molecular complexity index is 2410. The van der Waals surface area contributed by atoms with E-state index in [-0.39, 0.29) is 5.41 Å². The normalized spacial score (nSPS) is 13.1. The molecule has 7 aromatic rings. The third-order valence-electron chi connectivity index (χ3n) is 10.9. The van der Waals surface area contributed by atoms with E-state index in [4.69, 9.17) is 14.8 Å². The summed E-state index contributed by atoms with van der Waals surface area (Å²) in [4.78, 5) is 4.86. The van der Waals surface area contributed by atoms with Crippen LogP contribution in [-0.4, -0.2) is 19.3 Å². The molecule has 0 saturated carbocycles. The molecule has 0 amide bonds. The Morgan fingerprint density at radius 2 is 1.57 bits per heavy atom. The molecule has 5 nitrogen and oxygen atoms in total. The summed E-state index contributed by atoms with van der Waals surface area (Å²) in [5, 5.41) is 7.52. The van der Waals surface area contributed by atoms with Gasteiger partial charge in [-0.3, -0.25) is 4.57 Å². The summed E-state index contributed by atoms with van der Waals surface area (Å²) in [5.74, 6) is 3.70. The van der Waals surface area contributed by atoms with E-state index in [1.54, 1.807) is 0 Å². The second-order valence-electron chi connectivity index (χ2n) is 16.8. The van der Waals surface area contributed by atoms with Crippen molar-refractivity contribution < 1.29 is 4.74 Å². The van der Waals surface area contributed by atoms with E-state index in [1.165, 1.54) is 57.9 Å². The molecule has 4 aromatic carbocycles. The second kappa shape index (κ2) is 15.3. The van der Waals surface area contributed by atoms with E-state index >= 15 is 0 Å². The van der Waals surface area contributed by atoms with Gasteiger partial charge >= 0.3 is 0 Å². The number of hydrogen-bond acceptors (Lipinski definition) is 3. The number of benzene rings is 4. The van der Waals surface area contributed by atoms with Crippen molar-refractivity contribution in [2.75, 3.05) is 0 Å². The van der Waals surface area contributed by atoms with Crippen LogP contribution in [0.3, 0.4) is 0 Å². The zero-order valence-electron chi connectivity index (χ0n) is 33.7. The standard InChI is InChI=1S/C49H56N4O/c1-10-14-32(2)25-34(4)39-17-20-45-44(29-39)43-19-18-41(31-46(43)52(45)47-26-33(3)22-24-50-47)54-42-28-37(21-23-49(7,8)9)27-40(30-42)53-36(6)48(35(5)51-53)38-15-12-11-13-16-38/h11-13,15-20,22,24,26-32,34H,10,14,21,23,25H2,1-9H3. The van der Waals surface area contributed by atoms with Gasteiger partial charge in [0.2, 0.25) is 0 Å². The van der Waals surface area contributed by atoms with Gasteiger partial charge in [-0.05, 0) is 128 Å². The van der Waals surface area contributed by atoms with E-state index in [2.05, 4.69) is 169 Å². The highest BCUT2D eigenvalue weighted by Crippen LogP contribution is 2.39. The molecule has 0 bridgehead atoms. The Hall–Kier alpha value is -5.16. The lowest BCUT2D eigenvalue weighted by atomic mass is 9.88. The minimum atomic E-state index is 0.212. The summed E-state index contributed by atoms with van der Waals surface area (Å²) in [6, 6.07) is 34.9. The third-order valence-corrected chi connectivity index (χ3v) is 10.9. The SMILES string of the molecule is CCCC(C)CC(C)c1ccc2c(c1)c1ccc(Oc3cc(CCC(C)(C)C)cc(-n4nc(C)c(-c5ccccc5)c4C)c3)cc1n2-c1cc(C)ccn1. The Balaban J connectivity index is 1.32. The second-order valence-corrected chi connectivity index (χ2v) is 16.8. The van der Waals surface area contributed by atoms with Crippen molar-refractivity contribution in [3.05, 3.63) is 131 Å². The van der Waals surface area contributed by atoms with Crippen LogP contribution in [0, 0.1) is 32.1 Å². The van der Waals surface area contributed by atoms with Crippen LogP contribution in [0.4, 0.5) is 0 Å². The Morgan fingerprint density at radius 1 is 0.778 bits per heavy atom. The van der Waals surface area contributed by atoms with Crippen LogP contribution in [-0.2, 0) is 6.42 Å². The molecule has 5 heteroatoms. The maximum Gasteiger partial charge on any atom is 0.137 e. The van der Waals surface area contributed by atoms with E-state index in [9.17, 15) is 0 Å². The molecule has 0 fully saturated rings. The van der Waals surface area contributed by atoms with Gasteiger partial charge in [-0.25, -0.2) is 9.67 Å². The molecule has 0 aliphatic carbocycles. The molecule has 0 saturated heterocycles. The van der Waals surface area contributed by atoms with Crippen molar-refractivity contribution in [2.45, 2.75) is 100 Å². The van der Waals surface area contributed by atoms with Crippen LogP contribution in [0.2, 0.25) is 0 Å². The highest BCUT2D eigenvalue weighted by atomic mass is 16.5. The van der Waals surface area contributed by atoms with Crippen LogP contribution in [0.15, 0.2) is 103 Å².